The minimum Gasteiger partial charge on any atom is -0.263 e. The lowest BCUT2D eigenvalue weighted by molar-refractivity contribution is 0.567. The standard InChI is InChI=1S/C13H19N3S/c1-9-6-10(2)16(15-9)7-12-14-11(8-17-12)13(3,4)5/h6,8H,7H2,1-5H3. The fourth-order valence-electron chi connectivity index (χ4n) is 1.69. The van der Waals surface area contributed by atoms with Crippen LogP contribution in [0.3, 0.4) is 0 Å². The lowest BCUT2D eigenvalue weighted by atomic mass is 9.93. The van der Waals surface area contributed by atoms with Crippen molar-refractivity contribution in [3.63, 3.8) is 0 Å². The fourth-order valence-corrected chi connectivity index (χ4v) is 2.69. The summed E-state index contributed by atoms with van der Waals surface area (Å²) in [5.74, 6) is 0. The third kappa shape index (κ3) is 2.75. The van der Waals surface area contributed by atoms with Crippen molar-refractivity contribution in [1.29, 1.82) is 0 Å². The van der Waals surface area contributed by atoms with Crippen LogP contribution in [0.15, 0.2) is 11.4 Å². The van der Waals surface area contributed by atoms with Crippen LogP contribution in [-0.4, -0.2) is 14.8 Å². The van der Waals surface area contributed by atoms with Crippen molar-refractivity contribution in [2.45, 2.75) is 46.6 Å². The Morgan fingerprint density at radius 3 is 2.47 bits per heavy atom. The zero-order valence-corrected chi connectivity index (χ0v) is 11.9. The number of aromatic nitrogens is 3. The Kier molecular flexibility index (Phi) is 3.08. The van der Waals surface area contributed by atoms with E-state index in [9.17, 15) is 0 Å². The molecule has 0 unspecified atom stereocenters. The van der Waals surface area contributed by atoms with Crippen molar-refractivity contribution in [1.82, 2.24) is 14.8 Å². The lowest BCUT2D eigenvalue weighted by Crippen LogP contribution is -2.12. The van der Waals surface area contributed by atoms with Gasteiger partial charge in [0.15, 0.2) is 0 Å². The van der Waals surface area contributed by atoms with Gasteiger partial charge in [-0.3, -0.25) is 4.68 Å². The molecule has 0 atom stereocenters. The van der Waals surface area contributed by atoms with Crippen LogP contribution < -0.4 is 0 Å². The van der Waals surface area contributed by atoms with Gasteiger partial charge < -0.3 is 0 Å². The number of rotatable bonds is 2. The van der Waals surface area contributed by atoms with E-state index in [1.807, 2.05) is 11.6 Å². The maximum atomic E-state index is 4.68. The molecule has 2 aromatic heterocycles. The summed E-state index contributed by atoms with van der Waals surface area (Å²) in [5.41, 5.74) is 3.55. The number of nitrogens with zero attached hydrogens (tertiary/aromatic N) is 3. The molecule has 0 bridgehead atoms. The van der Waals surface area contributed by atoms with E-state index in [0.717, 1.165) is 17.2 Å². The van der Waals surface area contributed by atoms with Gasteiger partial charge in [-0.2, -0.15) is 5.10 Å². The summed E-state index contributed by atoms with van der Waals surface area (Å²) in [5, 5.41) is 7.74. The highest BCUT2D eigenvalue weighted by Crippen LogP contribution is 2.24. The van der Waals surface area contributed by atoms with E-state index in [1.165, 1.54) is 11.4 Å². The second kappa shape index (κ2) is 4.26. The highest BCUT2D eigenvalue weighted by molar-refractivity contribution is 7.09. The molecule has 4 heteroatoms. The summed E-state index contributed by atoms with van der Waals surface area (Å²) in [6.45, 7) is 11.4. The van der Waals surface area contributed by atoms with E-state index < -0.39 is 0 Å². The van der Waals surface area contributed by atoms with Crippen LogP contribution in [0.1, 0.15) is 42.9 Å². The van der Waals surface area contributed by atoms with Gasteiger partial charge in [-0.25, -0.2) is 4.98 Å². The van der Waals surface area contributed by atoms with E-state index in [4.69, 9.17) is 0 Å². The topological polar surface area (TPSA) is 30.7 Å². The molecule has 2 aromatic rings. The minimum atomic E-state index is 0.129. The molecule has 0 radical (unpaired) electrons. The molecule has 0 aliphatic rings. The van der Waals surface area contributed by atoms with Crippen LogP contribution in [-0.2, 0) is 12.0 Å². The van der Waals surface area contributed by atoms with Crippen molar-refractivity contribution in [3.05, 3.63) is 33.5 Å². The third-order valence-corrected chi connectivity index (χ3v) is 3.54. The quantitative estimate of drug-likeness (QED) is 0.817. The first-order valence-electron chi connectivity index (χ1n) is 5.82. The van der Waals surface area contributed by atoms with Crippen LogP contribution in [0.5, 0.6) is 0 Å². The second-order valence-electron chi connectivity index (χ2n) is 5.46. The highest BCUT2D eigenvalue weighted by Gasteiger charge is 2.17. The number of hydrogen-bond acceptors (Lipinski definition) is 3. The largest absolute Gasteiger partial charge is 0.263 e. The molecule has 0 aliphatic carbocycles. The van der Waals surface area contributed by atoms with E-state index in [-0.39, 0.29) is 5.41 Å². The van der Waals surface area contributed by atoms with Gasteiger partial charge in [0.2, 0.25) is 0 Å². The number of aryl methyl sites for hydroxylation is 2. The Balaban J connectivity index is 2.20. The maximum absolute atomic E-state index is 4.68. The van der Waals surface area contributed by atoms with Crippen molar-refractivity contribution in [3.8, 4) is 0 Å². The van der Waals surface area contributed by atoms with Crippen molar-refractivity contribution < 1.29 is 0 Å². The molecule has 0 aliphatic heterocycles. The molecule has 0 N–H and O–H groups in total. The average Bonchev–Trinajstić information content (AvgIpc) is 2.74. The molecule has 3 nitrogen and oxygen atoms in total. The molecular weight excluding hydrogens is 230 g/mol. The first kappa shape index (κ1) is 12.3. The Hall–Kier alpha value is -1.16. The van der Waals surface area contributed by atoms with Gasteiger partial charge in [0.25, 0.3) is 0 Å². The molecule has 0 saturated heterocycles. The SMILES string of the molecule is Cc1cc(C)n(Cc2nc(C(C)(C)C)cs2)n1. The molecule has 2 rings (SSSR count). The average molecular weight is 249 g/mol. The van der Waals surface area contributed by atoms with Gasteiger partial charge >= 0.3 is 0 Å². The van der Waals surface area contributed by atoms with Crippen LogP contribution in [0.25, 0.3) is 0 Å². The Bertz CT molecular complexity index is 517. The Labute approximate surface area is 107 Å². The molecule has 0 fully saturated rings. The van der Waals surface area contributed by atoms with Gasteiger partial charge in [-0.1, -0.05) is 20.8 Å². The van der Waals surface area contributed by atoms with Crippen LogP contribution in [0.4, 0.5) is 0 Å². The zero-order chi connectivity index (χ0) is 12.6. The Morgan fingerprint density at radius 2 is 2.00 bits per heavy atom. The predicted molar refractivity (Wildman–Crippen MR) is 71.6 cm³/mol. The number of thiazole rings is 1. The zero-order valence-electron chi connectivity index (χ0n) is 11.1. The van der Waals surface area contributed by atoms with Crippen LogP contribution in [0, 0.1) is 13.8 Å². The fraction of sp³-hybridized carbons (Fsp3) is 0.538. The maximum Gasteiger partial charge on any atom is 0.114 e. The summed E-state index contributed by atoms with van der Waals surface area (Å²) in [7, 11) is 0. The number of hydrogen-bond donors (Lipinski definition) is 0. The molecule has 0 saturated carbocycles. The van der Waals surface area contributed by atoms with Crippen LogP contribution >= 0.6 is 11.3 Å². The molecule has 0 aromatic carbocycles. The van der Waals surface area contributed by atoms with E-state index in [1.54, 1.807) is 11.3 Å². The molecule has 0 amide bonds. The van der Waals surface area contributed by atoms with Gasteiger partial charge in [-0.15, -0.1) is 11.3 Å². The van der Waals surface area contributed by atoms with Crippen molar-refractivity contribution in [2.24, 2.45) is 0 Å². The van der Waals surface area contributed by atoms with Crippen molar-refractivity contribution >= 4 is 11.3 Å². The summed E-state index contributed by atoms with van der Waals surface area (Å²) >= 11 is 1.72. The first-order chi connectivity index (χ1) is 7.86. The third-order valence-electron chi connectivity index (χ3n) is 2.71. The summed E-state index contributed by atoms with van der Waals surface area (Å²) in [6.07, 6.45) is 0. The van der Waals surface area contributed by atoms with E-state index in [0.29, 0.717) is 0 Å². The monoisotopic (exact) mass is 249 g/mol. The lowest BCUT2D eigenvalue weighted by Gasteiger charge is -2.14. The minimum absolute atomic E-state index is 0.129. The molecule has 17 heavy (non-hydrogen) atoms. The molecular formula is C13H19N3S. The summed E-state index contributed by atoms with van der Waals surface area (Å²) < 4.78 is 2.01. The van der Waals surface area contributed by atoms with Crippen molar-refractivity contribution in [2.75, 3.05) is 0 Å². The second-order valence-corrected chi connectivity index (χ2v) is 6.40. The van der Waals surface area contributed by atoms with Gasteiger partial charge in [-0.05, 0) is 19.9 Å². The first-order valence-corrected chi connectivity index (χ1v) is 6.70. The van der Waals surface area contributed by atoms with Crippen LogP contribution in [0.2, 0.25) is 0 Å². The molecule has 92 valence electrons. The molecule has 2 heterocycles. The van der Waals surface area contributed by atoms with Gasteiger partial charge in [0.05, 0.1) is 17.9 Å². The normalized spacial score (nSPS) is 12.1. The predicted octanol–water partition coefficient (Wildman–Crippen LogP) is 3.30. The van der Waals surface area contributed by atoms with E-state index in [2.05, 4.69) is 49.2 Å². The highest BCUT2D eigenvalue weighted by atomic mass is 32.1. The smallest absolute Gasteiger partial charge is 0.114 e. The molecule has 0 spiro atoms. The summed E-state index contributed by atoms with van der Waals surface area (Å²) in [4.78, 5) is 4.68. The van der Waals surface area contributed by atoms with E-state index >= 15 is 0 Å². The summed E-state index contributed by atoms with van der Waals surface area (Å²) in [6, 6.07) is 2.10. The Morgan fingerprint density at radius 1 is 1.29 bits per heavy atom. The van der Waals surface area contributed by atoms with Gasteiger partial charge in [0, 0.05) is 16.5 Å². The van der Waals surface area contributed by atoms with Gasteiger partial charge in [0.1, 0.15) is 5.01 Å².